The van der Waals surface area contributed by atoms with Crippen molar-refractivity contribution in [3.8, 4) is 5.88 Å². The van der Waals surface area contributed by atoms with Crippen LogP contribution in [0.5, 0.6) is 5.88 Å². The molecule has 2 rings (SSSR count). The number of carbonyl (C=O) groups excluding carboxylic acids is 2. The second kappa shape index (κ2) is 8.97. The molecule has 1 aromatic heterocycles. The third-order valence-electron chi connectivity index (χ3n) is 3.25. The van der Waals surface area contributed by atoms with E-state index in [1.165, 1.54) is 12.1 Å². The Morgan fingerprint density at radius 1 is 1.03 bits per heavy atom. The molecular weight excluding hydrogens is 410 g/mol. The highest BCUT2D eigenvalue weighted by atomic mass is 19.4. The van der Waals surface area contributed by atoms with E-state index in [0.717, 1.165) is 24.4 Å². The lowest BCUT2D eigenvalue weighted by atomic mass is 10.2. The molecule has 30 heavy (non-hydrogen) atoms. The van der Waals surface area contributed by atoms with Crippen LogP contribution < -0.4 is 15.4 Å². The van der Waals surface area contributed by atoms with Gasteiger partial charge in [-0.05, 0) is 45.0 Å². The Hall–Kier alpha value is -3.37. The molecule has 0 aliphatic rings. The van der Waals surface area contributed by atoms with E-state index in [9.17, 15) is 27.2 Å². The average Bonchev–Trinajstić information content (AvgIpc) is 2.60. The van der Waals surface area contributed by atoms with E-state index in [4.69, 9.17) is 4.74 Å². The molecule has 0 aliphatic heterocycles. The van der Waals surface area contributed by atoms with Crippen molar-refractivity contribution in [1.29, 1.82) is 0 Å². The normalized spacial score (nSPS) is 11.6. The minimum Gasteiger partial charge on any atom is -0.468 e. The van der Waals surface area contributed by atoms with E-state index in [-0.39, 0.29) is 22.8 Å². The minimum absolute atomic E-state index is 0.0261. The van der Waals surface area contributed by atoms with Crippen LogP contribution >= 0.6 is 0 Å². The largest absolute Gasteiger partial charge is 0.468 e. The summed E-state index contributed by atoms with van der Waals surface area (Å²) in [5.74, 6) is -1.72. The Morgan fingerprint density at radius 2 is 1.73 bits per heavy atom. The van der Waals surface area contributed by atoms with Crippen LogP contribution in [0.3, 0.4) is 0 Å². The van der Waals surface area contributed by atoms with Gasteiger partial charge in [-0.15, -0.1) is 0 Å². The number of carbonyl (C=O) groups is 2. The predicted octanol–water partition coefficient (Wildman–Crippen LogP) is 4.76. The summed E-state index contributed by atoms with van der Waals surface area (Å²) in [6.07, 6.45) is -4.33. The van der Waals surface area contributed by atoms with E-state index in [1.54, 1.807) is 20.8 Å². The molecule has 11 heteroatoms. The first-order valence-corrected chi connectivity index (χ1v) is 8.59. The molecule has 0 atom stereocenters. The molecule has 2 amide bonds. The number of alkyl halides is 3. The molecule has 0 unspecified atom stereocenters. The molecule has 0 saturated carbocycles. The van der Waals surface area contributed by atoms with Gasteiger partial charge < -0.3 is 14.8 Å². The number of halogens is 4. The number of pyridine rings is 1. The zero-order valence-corrected chi connectivity index (χ0v) is 16.3. The van der Waals surface area contributed by atoms with Gasteiger partial charge in [-0.25, -0.2) is 14.2 Å². The fraction of sp³-hybridized carbons (Fsp3) is 0.316. The highest BCUT2D eigenvalue weighted by Crippen LogP contribution is 2.25. The van der Waals surface area contributed by atoms with Crippen molar-refractivity contribution >= 4 is 23.4 Å². The van der Waals surface area contributed by atoms with Crippen LogP contribution in [0.4, 0.5) is 33.7 Å². The molecule has 0 bridgehead atoms. The minimum atomic E-state index is -4.52. The van der Waals surface area contributed by atoms with E-state index in [0.29, 0.717) is 0 Å². The van der Waals surface area contributed by atoms with Crippen molar-refractivity contribution in [2.45, 2.75) is 32.5 Å². The van der Waals surface area contributed by atoms with E-state index in [2.05, 4.69) is 20.4 Å². The summed E-state index contributed by atoms with van der Waals surface area (Å²) in [5, 5.41) is 4.81. The van der Waals surface area contributed by atoms with Crippen LogP contribution in [0.1, 0.15) is 31.1 Å². The van der Waals surface area contributed by atoms with Gasteiger partial charge in [-0.1, -0.05) is 0 Å². The summed E-state index contributed by atoms with van der Waals surface area (Å²) in [4.78, 5) is 28.0. The van der Waals surface area contributed by atoms with Gasteiger partial charge in [0.2, 0.25) is 5.88 Å². The molecular formula is C19H19F4N3O4. The number of hydrogen-bond donors (Lipinski definition) is 2. The number of benzene rings is 1. The molecule has 7 nitrogen and oxygen atoms in total. The summed E-state index contributed by atoms with van der Waals surface area (Å²) in [6.45, 7) is 3.47. The van der Waals surface area contributed by atoms with Crippen molar-refractivity contribution in [3.05, 3.63) is 47.9 Å². The molecule has 0 aliphatic carbocycles. The van der Waals surface area contributed by atoms with Crippen molar-refractivity contribution in [3.63, 3.8) is 0 Å². The van der Waals surface area contributed by atoms with Gasteiger partial charge in [-0.3, -0.25) is 10.1 Å². The number of hydrogen-bond acceptors (Lipinski definition) is 5. The van der Waals surface area contributed by atoms with Gasteiger partial charge in [0.25, 0.3) is 5.91 Å². The third-order valence-corrected chi connectivity index (χ3v) is 3.25. The lowest BCUT2D eigenvalue weighted by molar-refractivity contribution is -0.154. The van der Waals surface area contributed by atoms with Crippen molar-refractivity contribution < 1.29 is 36.6 Å². The molecule has 0 spiro atoms. The number of rotatable bonds is 5. The van der Waals surface area contributed by atoms with Crippen molar-refractivity contribution in [1.82, 2.24) is 4.98 Å². The van der Waals surface area contributed by atoms with Crippen LogP contribution in [-0.4, -0.2) is 35.4 Å². The number of anilines is 2. The fourth-order valence-corrected chi connectivity index (χ4v) is 2.09. The number of nitrogens with zero attached hydrogens (tertiary/aromatic N) is 1. The second-order valence-electron chi connectivity index (χ2n) is 7.06. The smallest absolute Gasteiger partial charge is 0.422 e. The highest BCUT2D eigenvalue weighted by Gasteiger charge is 2.28. The molecule has 2 N–H and O–H groups in total. The van der Waals surface area contributed by atoms with E-state index < -0.39 is 36.2 Å². The topological polar surface area (TPSA) is 89.6 Å². The van der Waals surface area contributed by atoms with Crippen LogP contribution in [-0.2, 0) is 4.74 Å². The molecule has 0 fully saturated rings. The number of ether oxygens (including phenoxy) is 2. The fourth-order valence-electron chi connectivity index (χ4n) is 2.09. The third kappa shape index (κ3) is 7.57. The number of aromatic nitrogens is 1. The maximum Gasteiger partial charge on any atom is 0.422 e. The Balaban J connectivity index is 2.10. The van der Waals surface area contributed by atoms with E-state index in [1.807, 2.05) is 0 Å². The van der Waals surface area contributed by atoms with Crippen molar-refractivity contribution in [2.24, 2.45) is 0 Å². The molecule has 0 radical (unpaired) electrons. The quantitative estimate of drug-likeness (QED) is 0.669. The molecule has 2 aromatic rings. The lowest BCUT2D eigenvalue weighted by Crippen LogP contribution is -2.27. The lowest BCUT2D eigenvalue weighted by Gasteiger charge is -2.20. The first-order chi connectivity index (χ1) is 13.8. The van der Waals surface area contributed by atoms with Gasteiger partial charge in [-0.2, -0.15) is 13.2 Å². The summed E-state index contributed by atoms with van der Waals surface area (Å²) in [6, 6.07) is 5.58. The first-order valence-electron chi connectivity index (χ1n) is 8.59. The summed E-state index contributed by atoms with van der Waals surface area (Å²) < 4.78 is 59.7. The van der Waals surface area contributed by atoms with Crippen LogP contribution in [0, 0.1) is 5.82 Å². The molecule has 0 saturated heterocycles. The van der Waals surface area contributed by atoms with Gasteiger partial charge >= 0.3 is 12.3 Å². The highest BCUT2D eigenvalue weighted by molar-refractivity contribution is 6.06. The SMILES string of the molecule is CC(C)(C)OC(=O)Nc1ccc(F)cc1NC(=O)c1ccc(OCC(F)(F)F)nc1. The zero-order valence-electron chi connectivity index (χ0n) is 16.3. The Bertz CT molecular complexity index is 909. The van der Waals surface area contributed by atoms with Gasteiger partial charge in [0.15, 0.2) is 6.61 Å². The van der Waals surface area contributed by atoms with Crippen LogP contribution in [0.15, 0.2) is 36.5 Å². The monoisotopic (exact) mass is 429 g/mol. The zero-order chi connectivity index (χ0) is 22.5. The standard InChI is InChI=1S/C19H19F4N3O4/c1-18(2,3)30-17(28)26-13-6-5-12(20)8-14(13)25-16(27)11-4-7-15(24-9-11)29-10-19(21,22)23/h4-9H,10H2,1-3H3,(H,25,27)(H,26,28). The van der Waals surface area contributed by atoms with Gasteiger partial charge in [0, 0.05) is 12.3 Å². The van der Waals surface area contributed by atoms with Gasteiger partial charge in [0.05, 0.1) is 16.9 Å². The number of nitrogens with one attached hydrogen (secondary N) is 2. The summed E-state index contributed by atoms with van der Waals surface area (Å²) in [5.41, 5.74) is -0.767. The molecule has 162 valence electrons. The Labute approximate surface area is 169 Å². The summed E-state index contributed by atoms with van der Waals surface area (Å²) in [7, 11) is 0. The molecule has 1 heterocycles. The van der Waals surface area contributed by atoms with Crippen molar-refractivity contribution in [2.75, 3.05) is 17.2 Å². The van der Waals surface area contributed by atoms with Crippen LogP contribution in [0.2, 0.25) is 0 Å². The summed E-state index contributed by atoms with van der Waals surface area (Å²) >= 11 is 0. The van der Waals surface area contributed by atoms with Crippen LogP contribution in [0.25, 0.3) is 0 Å². The van der Waals surface area contributed by atoms with Gasteiger partial charge in [0.1, 0.15) is 11.4 Å². The first kappa shape index (κ1) is 22.9. The predicted molar refractivity (Wildman–Crippen MR) is 100.0 cm³/mol. The Kier molecular flexibility index (Phi) is 6.85. The maximum atomic E-state index is 13.6. The average molecular weight is 429 g/mol. The second-order valence-corrected chi connectivity index (χ2v) is 7.06. The molecule has 1 aromatic carbocycles. The number of amides is 2. The Morgan fingerprint density at radius 3 is 2.30 bits per heavy atom. The van der Waals surface area contributed by atoms with E-state index >= 15 is 0 Å². The maximum absolute atomic E-state index is 13.6.